The first-order chi connectivity index (χ1) is 6.59. The van der Waals surface area contributed by atoms with Crippen LogP contribution in [0.2, 0.25) is 0 Å². The molecule has 2 nitrogen and oxygen atoms in total. The zero-order valence-corrected chi connectivity index (χ0v) is 9.14. The molecule has 86 valence electrons. The molecule has 1 atom stereocenters. The largest absolute Gasteiger partial charge is 0.488 e. The molecule has 0 radical (unpaired) electrons. The summed E-state index contributed by atoms with van der Waals surface area (Å²) in [4.78, 5) is 0. The average Bonchev–Trinajstić information content (AvgIpc) is 2.15. The number of benzene rings is 1. The van der Waals surface area contributed by atoms with E-state index in [4.69, 9.17) is 10.5 Å². The average molecular weight is 238 g/mol. The van der Waals surface area contributed by atoms with Gasteiger partial charge in [0.05, 0.1) is 0 Å². The third-order valence-corrected chi connectivity index (χ3v) is 1.76. The third kappa shape index (κ3) is 4.95. The van der Waals surface area contributed by atoms with Crippen LogP contribution >= 0.6 is 12.4 Å². The van der Waals surface area contributed by atoms with Crippen molar-refractivity contribution in [3.05, 3.63) is 29.8 Å². The van der Waals surface area contributed by atoms with Gasteiger partial charge in [0.25, 0.3) is 6.43 Å². The van der Waals surface area contributed by atoms with Crippen LogP contribution in [0.15, 0.2) is 24.3 Å². The van der Waals surface area contributed by atoms with Gasteiger partial charge in [0.2, 0.25) is 0 Å². The first-order valence-corrected chi connectivity index (χ1v) is 4.36. The molecule has 1 unspecified atom stereocenters. The van der Waals surface area contributed by atoms with Crippen molar-refractivity contribution in [2.45, 2.75) is 19.4 Å². The Morgan fingerprint density at radius 1 is 1.40 bits per heavy atom. The standard InChI is InChI=1S/C10H13F2NO.ClH/c1-7(13)8-3-2-4-9(5-8)14-6-10(11)12;/h2-5,7,10H,6,13H2,1H3;1H. The van der Waals surface area contributed by atoms with Gasteiger partial charge < -0.3 is 10.5 Å². The predicted molar refractivity (Wildman–Crippen MR) is 57.8 cm³/mol. The van der Waals surface area contributed by atoms with Gasteiger partial charge in [-0.2, -0.15) is 0 Å². The van der Waals surface area contributed by atoms with Crippen LogP contribution < -0.4 is 10.5 Å². The second kappa shape index (κ2) is 6.58. The van der Waals surface area contributed by atoms with Crippen molar-refractivity contribution in [2.75, 3.05) is 6.61 Å². The monoisotopic (exact) mass is 237 g/mol. The van der Waals surface area contributed by atoms with Crippen LogP contribution in [0.3, 0.4) is 0 Å². The predicted octanol–water partition coefficient (Wildman–Crippen LogP) is 2.77. The second-order valence-electron chi connectivity index (χ2n) is 3.06. The number of hydrogen-bond donors (Lipinski definition) is 1. The summed E-state index contributed by atoms with van der Waals surface area (Å²) in [6.07, 6.45) is -2.45. The van der Waals surface area contributed by atoms with Gasteiger partial charge in [0.1, 0.15) is 12.4 Å². The van der Waals surface area contributed by atoms with Crippen molar-refractivity contribution in [1.82, 2.24) is 0 Å². The van der Waals surface area contributed by atoms with E-state index in [0.29, 0.717) is 5.75 Å². The Morgan fingerprint density at radius 3 is 2.60 bits per heavy atom. The topological polar surface area (TPSA) is 35.2 Å². The zero-order valence-electron chi connectivity index (χ0n) is 8.32. The smallest absolute Gasteiger partial charge is 0.272 e. The number of rotatable bonds is 4. The summed E-state index contributed by atoms with van der Waals surface area (Å²) < 4.78 is 28.5. The van der Waals surface area contributed by atoms with Gasteiger partial charge in [0.15, 0.2) is 0 Å². The highest BCUT2D eigenvalue weighted by Gasteiger charge is 2.05. The van der Waals surface area contributed by atoms with Crippen LogP contribution in [0.4, 0.5) is 8.78 Å². The maximum atomic E-state index is 11.8. The molecule has 1 aromatic rings. The first kappa shape index (κ1) is 14.1. The molecule has 0 amide bonds. The van der Waals surface area contributed by atoms with E-state index < -0.39 is 13.0 Å². The van der Waals surface area contributed by atoms with Gasteiger partial charge in [0, 0.05) is 6.04 Å². The van der Waals surface area contributed by atoms with Crippen molar-refractivity contribution in [3.8, 4) is 5.75 Å². The van der Waals surface area contributed by atoms with E-state index in [1.807, 2.05) is 13.0 Å². The van der Waals surface area contributed by atoms with Crippen LogP contribution in [0, 0.1) is 0 Å². The molecular formula is C10H14ClF2NO. The highest BCUT2D eigenvalue weighted by Crippen LogP contribution is 2.17. The van der Waals surface area contributed by atoms with E-state index in [2.05, 4.69) is 0 Å². The minimum atomic E-state index is -2.45. The summed E-state index contributed by atoms with van der Waals surface area (Å²) in [5.41, 5.74) is 6.51. The van der Waals surface area contributed by atoms with Crippen LogP contribution in [0.25, 0.3) is 0 Å². The Kier molecular flexibility index (Phi) is 6.20. The Balaban J connectivity index is 0.00000196. The van der Waals surface area contributed by atoms with Crippen molar-refractivity contribution in [2.24, 2.45) is 5.73 Å². The summed E-state index contributed by atoms with van der Waals surface area (Å²) in [5, 5.41) is 0. The van der Waals surface area contributed by atoms with Gasteiger partial charge in [-0.25, -0.2) is 8.78 Å². The molecule has 1 rings (SSSR count). The minimum absolute atomic E-state index is 0. The maximum absolute atomic E-state index is 11.8. The molecule has 5 heteroatoms. The summed E-state index contributed by atoms with van der Waals surface area (Å²) in [7, 11) is 0. The van der Waals surface area contributed by atoms with E-state index >= 15 is 0 Å². The molecule has 0 aliphatic carbocycles. The molecule has 0 saturated carbocycles. The maximum Gasteiger partial charge on any atom is 0.272 e. The summed E-state index contributed by atoms with van der Waals surface area (Å²) in [5.74, 6) is 0.431. The number of halogens is 3. The van der Waals surface area contributed by atoms with Gasteiger partial charge in [-0.05, 0) is 24.6 Å². The summed E-state index contributed by atoms with van der Waals surface area (Å²) >= 11 is 0. The lowest BCUT2D eigenvalue weighted by atomic mass is 10.1. The fraction of sp³-hybridized carbons (Fsp3) is 0.400. The first-order valence-electron chi connectivity index (χ1n) is 4.36. The van der Waals surface area contributed by atoms with Gasteiger partial charge in [-0.1, -0.05) is 12.1 Å². The highest BCUT2D eigenvalue weighted by molar-refractivity contribution is 5.85. The van der Waals surface area contributed by atoms with E-state index in [1.54, 1.807) is 18.2 Å². The van der Waals surface area contributed by atoms with Crippen molar-refractivity contribution < 1.29 is 13.5 Å². The van der Waals surface area contributed by atoms with Crippen LogP contribution in [0.5, 0.6) is 5.75 Å². The minimum Gasteiger partial charge on any atom is -0.488 e. The molecule has 0 saturated heterocycles. The number of alkyl halides is 2. The molecule has 2 N–H and O–H groups in total. The Labute approximate surface area is 93.8 Å². The molecular weight excluding hydrogens is 224 g/mol. The summed E-state index contributed by atoms with van der Waals surface area (Å²) in [6.45, 7) is 1.24. The normalized spacial score (nSPS) is 12.1. The van der Waals surface area contributed by atoms with E-state index in [-0.39, 0.29) is 18.4 Å². The Bertz CT molecular complexity index is 295. The zero-order chi connectivity index (χ0) is 10.6. The molecule has 0 bridgehead atoms. The number of ether oxygens (including phenoxy) is 1. The van der Waals surface area contributed by atoms with E-state index in [9.17, 15) is 8.78 Å². The Morgan fingerprint density at radius 2 is 2.07 bits per heavy atom. The molecule has 1 aromatic carbocycles. The van der Waals surface area contributed by atoms with Gasteiger partial charge >= 0.3 is 0 Å². The number of hydrogen-bond acceptors (Lipinski definition) is 2. The molecule has 0 aliphatic heterocycles. The lowest BCUT2D eigenvalue weighted by Gasteiger charge is -2.09. The molecule has 0 aliphatic rings. The fourth-order valence-corrected chi connectivity index (χ4v) is 1.05. The van der Waals surface area contributed by atoms with Crippen LogP contribution in [-0.4, -0.2) is 13.0 Å². The van der Waals surface area contributed by atoms with Gasteiger partial charge in [-0.3, -0.25) is 0 Å². The molecule has 0 spiro atoms. The lowest BCUT2D eigenvalue weighted by molar-refractivity contribution is 0.0818. The SMILES string of the molecule is CC(N)c1cccc(OCC(F)F)c1.Cl. The Hall–Kier alpha value is -0.870. The van der Waals surface area contributed by atoms with E-state index in [0.717, 1.165) is 5.56 Å². The lowest BCUT2D eigenvalue weighted by Crippen LogP contribution is -2.08. The highest BCUT2D eigenvalue weighted by atomic mass is 35.5. The molecule has 0 heterocycles. The second-order valence-corrected chi connectivity index (χ2v) is 3.06. The van der Waals surface area contributed by atoms with Crippen molar-refractivity contribution in [3.63, 3.8) is 0 Å². The quantitative estimate of drug-likeness (QED) is 0.874. The fourth-order valence-electron chi connectivity index (χ4n) is 1.05. The van der Waals surface area contributed by atoms with Gasteiger partial charge in [-0.15, -0.1) is 12.4 Å². The van der Waals surface area contributed by atoms with Crippen molar-refractivity contribution in [1.29, 1.82) is 0 Å². The van der Waals surface area contributed by atoms with Crippen LogP contribution in [0.1, 0.15) is 18.5 Å². The molecule has 15 heavy (non-hydrogen) atoms. The van der Waals surface area contributed by atoms with Crippen LogP contribution in [-0.2, 0) is 0 Å². The third-order valence-electron chi connectivity index (χ3n) is 1.76. The molecule has 0 aromatic heterocycles. The summed E-state index contributed by atoms with van der Waals surface area (Å²) in [6, 6.07) is 6.76. The van der Waals surface area contributed by atoms with Crippen molar-refractivity contribution >= 4 is 12.4 Å². The number of nitrogens with two attached hydrogens (primary N) is 1. The van der Waals surface area contributed by atoms with E-state index in [1.165, 1.54) is 0 Å². The molecule has 0 fully saturated rings.